The van der Waals surface area contributed by atoms with Gasteiger partial charge >= 0.3 is 0 Å². The van der Waals surface area contributed by atoms with Crippen molar-refractivity contribution in [3.63, 3.8) is 0 Å². The molecule has 1 amide bonds. The molecule has 0 bridgehead atoms. The quantitative estimate of drug-likeness (QED) is 0.620. The van der Waals surface area contributed by atoms with Gasteiger partial charge in [0.2, 0.25) is 0 Å². The van der Waals surface area contributed by atoms with Crippen LogP contribution >= 0.6 is 0 Å². The Morgan fingerprint density at radius 3 is 2.22 bits per heavy atom. The second-order valence-electron chi connectivity index (χ2n) is 6.28. The van der Waals surface area contributed by atoms with Crippen LogP contribution in [0, 0.1) is 0 Å². The fourth-order valence-electron chi connectivity index (χ4n) is 2.79. The van der Waals surface area contributed by atoms with Crippen LogP contribution < -0.4 is 9.47 Å². The first-order valence-corrected chi connectivity index (χ1v) is 8.81. The second kappa shape index (κ2) is 8.90. The van der Waals surface area contributed by atoms with Crippen LogP contribution in [0.3, 0.4) is 0 Å². The van der Waals surface area contributed by atoms with Gasteiger partial charge in [-0.15, -0.1) is 0 Å². The summed E-state index contributed by atoms with van der Waals surface area (Å²) in [6.07, 6.45) is 0. The van der Waals surface area contributed by atoms with Gasteiger partial charge in [0.05, 0.1) is 12.7 Å². The van der Waals surface area contributed by atoms with E-state index in [0.717, 1.165) is 16.9 Å². The lowest BCUT2D eigenvalue weighted by Crippen LogP contribution is -2.26. The lowest BCUT2D eigenvalue weighted by molar-refractivity contribution is 0.0780. The Balaban J connectivity index is 1.69. The van der Waals surface area contributed by atoms with E-state index >= 15 is 0 Å². The molecule has 0 heterocycles. The standard InChI is InChI=1S/C23H23NO3/c1-24(16-18-12-14-20(26-2)15-13-18)23(25)21-10-6-7-11-22(21)27-17-19-8-4-3-5-9-19/h3-15H,16-17H2,1-2H3. The van der Waals surface area contributed by atoms with Gasteiger partial charge in [-0.2, -0.15) is 0 Å². The van der Waals surface area contributed by atoms with Crippen molar-refractivity contribution in [2.75, 3.05) is 14.2 Å². The summed E-state index contributed by atoms with van der Waals surface area (Å²) >= 11 is 0. The first-order chi connectivity index (χ1) is 13.2. The number of carbonyl (C=O) groups is 1. The van der Waals surface area contributed by atoms with Crippen molar-refractivity contribution in [3.05, 3.63) is 95.6 Å². The molecule has 0 fully saturated rings. The number of hydrogen-bond donors (Lipinski definition) is 0. The van der Waals surface area contributed by atoms with Gasteiger partial charge in [-0.3, -0.25) is 4.79 Å². The minimum Gasteiger partial charge on any atom is -0.497 e. The van der Waals surface area contributed by atoms with E-state index in [1.165, 1.54) is 0 Å². The normalized spacial score (nSPS) is 10.3. The number of ether oxygens (including phenoxy) is 2. The van der Waals surface area contributed by atoms with Gasteiger partial charge in [-0.05, 0) is 35.4 Å². The van der Waals surface area contributed by atoms with E-state index < -0.39 is 0 Å². The fourth-order valence-corrected chi connectivity index (χ4v) is 2.79. The zero-order valence-electron chi connectivity index (χ0n) is 15.6. The number of amides is 1. The highest BCUT2D eigenvalue weighted by atomic mass is 16.5. The second-order valence-corrected chi connectivity index (χ2v) is 6.28. The highest BCUT2D eigenvalue weighted by molar-refractivity contribution is 5.96. The minimum absolute atomic E-state index is 0.0746. The highest BCUT2D eigenvalue weighted by Gasteiger charge is 2.17. The molecule has 0 aliphatic rings. The van der Waals surface area contributed by atoms with Gasteiger partial charge in [0, 0.05) is 13.6 Å². The van der Waals surface area contributed by atoms with Crippen molar-refractivity contribution in [1.82, 2.24) is 4.90 Å². The van der Waals surface area contributed by atoms with Crippen LogP contribution in [0.25, 0.3) is 0 Å². The molecule has 0 spiro atoms. The maximum absolute atomic E-state index is 12.9. The molecule has 4 heteroatoms. The van der Waals surface area contributed by atoms with Crippen LogP contribution in [-0.2, 0) is 13.2 Å². The predicted octanol–water partition coefficient (Wildman–Crippen LogP) is 4.55. The summed E-state index contributed by atoms with van der Waals surface area (Å²) in [4.78, 5) is 14.6. The molecule has 0 unspecified atom stereocenters. The van der Waals surface area contributed by atoms with Crippen molar-refractivity contribution < 1.29 is 14.3 Å². The SMILES string of the molecule is COc1ccc(CN(C)C(=O)c2ccccc2OCc2ccccc2)cc1. The Morgan fingerprint density at radius 2 is 1.52 bits per heavy atom. The molecule has 0 aliphatic carbocycles. The van der Waals surface area contributed by atoms with Gasteiger partial charge in [0.1, 0.15) is 18.1 Å². The molecule has 4 nitrogen and oxygen atoms in total. The Morgan fingerprint density at radius 1 is 0.852 bits per heavy atom. The van der Waals surface area contributed by atoms with Crippen molar-refractivity contribution in [1.29, 1.82) is 0 Å². The number of carbonyl (C=O) groups excluding carboxylic acids is 1. The van der Waals surface area contributed by atoms with Crippen LogP contribution in [-0.4, -0.2) is 25.0 Å². The third-order valence-corrected chi connectivity index (χ3v) is 4.28. The van der Waals surface area contributed by atoms with Crippen LogP contribution in [0.15, 0.2) is 78.9 Å². The Bertz CT molecular complexity index is 876. The smallest absolute Gasteiger partial charge is 0.257 e. The van der Waals surface area contributed by atoms with Gasteiger partial charge in [0.25, 0.3) is 5.91 Å². The average Bonchev–Trinajstić information content (AvgIpc) is 2.73. The first kappa shape index (κ1) is 18.5. The van der Waals surface area contributed by atoms with Gasteiger partial charge in [-0.1, -0.05) is 54.6 Å². The molecular formula is C23H23NO3. The maximum Gasteiger partial charge on any atom is 0.257 e. The predicted molar refractivity (Wildman–Crippen MR) is 106 cm³/mol. The van der Waals surface area contributed by atoms with Gasteiger partial charge in [-0.25, -0.2) is 0 Å². The Labute approximate surface area is 160 Å². The van der Waals surface area contributed by atoms with E-state index in [0.29, 0.717) is 24.5 Å². The van der Waals surface area contributed by atoms with E-state index in [1.54, 1.807) is 25.1 Å². The summed E-state index contributed by atoms with van der Waals surface area (Å²) in [6, 6.07) is 25.0. The number of rotatable bonds is 7. The van der Waals surface area contributed by atoms with Crippen LogP contribution in [0.2, 0.25) is 0 Å². The first-order valence-electron chi connectivity index (χ1n) is 8.81. The van der Waals surface area contributed by atoms with Gasteiger partial charge < -0.3 is 14.4 Å². The zero-order chi connectivity index (χ0) is 19.1. The zero-order valence-corrected chi connectivity index (χ0v) is 15.6. The summed E-state index contributed by atoms with van der Waals surface area (Å²) in [7, 11) is 3.43. The topological polar surface area (TPSA) is 38.8 Å². The summed E-state index contributed by atoms with van der Waals surface area (Å²) in [5.41, 5.74) is 2.66. The van der Waals surface area contributed by atoms with Crippen molar-refractivity contribution in [2.24, 2.45) is 0 Å². The number of nitrogens with zero attached hydrogens (tertiary/aromatic N) is 1. The van der Waals surface area contributed by atoms with E-state index in [4.69, 9.17) is 9.47 Å². The molecule has 0 saturated carbocycles. The minimum atomic E-state index is -0.0746. The third-order valence-electron chi connectivity index (χ3n) is 4.28. The van der Waals surface area contributed by atoms with E-state index in [1.807, 2.05) is 72.8 Å². The summed E-state index contributed by atoms with van der Waals surface area (Å²) in [6.45, 7) is 0.934. The lowest BCUT2D eigenvalue weighted by Gasteiger charge is -2.19. The summed E-state index contributed by atoms with van der Waals surface area (Å²) in [5, 5.41) is 0. The molecule has 3 rings (SSSR count). The number of benzene rings is 3. The largest absolute Gasteiger partial charge is 0.497 e. The molecule has 138 valence electrons. The molecule has 0 N–H and O–H groups in total. The monoisotopic (exact) mass is 361 g/mol. The molecule has 0 radical (unpaired) electrons. The molecule has 0 aliphatic heterocycles. The molecule has 0 atom stereocenters. The molecule has 3 aromatic carbocycles. The summed E-state index contributed by atoms with van der Waals surface area (Å²) in [5.74, 6) is 1.31. The van der Waals surface area contributed by atoms with E-state index in [9.17, 15) is 4.79 Å². The number of para-hydroxylation sites is 1. The van der Waals surface area contributed by atoms with Crippen LogP contribution in [0.5, 0.6) is 11.5 Å². The molecule has 27 heavy (non-hydrogen) atoms. The summed E-state index contributed by atoms with van der Waals surface area (Å²) < 4.78 is 11.1. The fraction of sp³-hybridized carbons (Fsp3) is 0.174. The molecule has 3 aromatic rings. The molecular weight excluding hydrogens is 338 g/mol. The maximum atomic E-state index is 12.9. The lowest BCUT2D eigenvalue weighted by atomic mass is 10.1. The Kier molecular flexibility index (Phi) is 6.10. The van der Waals surface area contributed by atoms with Crippen LogP contribution in [0.4, 0.5) is 0 Å². The van der Waals surface area contributed by atoms with Crippen molar-refractivity contribution >= 4 is 5.91 Å². The third kappa shape index (κ3) is 4.88. The van der Waals surface area contributed by atoms with Crippen molar-refractivity contribution in [2.45, 2.75) is 13.2 Å². The van der Waals surface area contributed by atoms with Crippen molar-refractivity contribution in [3.8, 4) is 11.5 Å². The Hall–Kier alpha value is -3.27. The number of methoxy groups -OCH3 is 1. The number of hydrogen-bond acceptors (Lipinski definition) is 3. The average molecular weight is 361 g/mol. The molecule has 0 aromatic heterocycles. The highest BCUT2D eigenvalue weighted by Crippen LogP contribution is 2.22. The van der Waals surface area contributed by atoms with Crippen LogP contribution in [0.1, 0.15) is 21.5 Å². The van der Waals surface area contributed by atoms with Gasteiger partial charge in [0.15, 0.2) is 0 Å². The van der Waals surface area contributed by atoms with E-state index in [-0.39, 0.29) is 5.91 Å². The molecule has 0 saturated heterocycles. The van der Waals surface area contributed by atoms with E-state index in [2.05, 4.69) is 0 Å².